The van der Waals surface area contributed by atoms with E-state index in [4.69, 9.17) is 4.74 Å². The Labute approximate surface area is 142 Å². The molecule has 0 aliphatic heterocycles. The molecule has 128 valence electrons. The zero-order valence-corrected chi connectivity index (χ0v) is 13.9. The summed E-state index contributed by atoms with van der Waals surface area (Å²) in [5, 5.41) is 12.1. The summed E-state index contributed by atoms with van der Waals surface area (Å²) in [5.41, 5.74) is 3.12. The van der Waals surface area contributed by atoms with E-state index in [1.54, 1.807) is 12.0 Å². The fourth-order valence-corrected chi connectivity index (χ4v) is 2.46. The van der Waals surface area contributed by atoms with Crippen LogP contribution in [0, 0.1) is 0 Å². The number of ether oxygens (including phenoxy) is 1. The number of methoxy groups -OCH3 is 1. The van der Waals surface area contributed by atoms with E-state index in [-0.39, 0.29) is 12.6 Å². The average Bonchev–Trinajstić information content (AvgIpc) is 2.61. The summed E-state index contributed by atoms with van der Waals surface area (Å²) in [4.78, 5) is 14.0. The Balaban J connectivity index is 1.94. The van der Waals surface area contributed by atoms with Gasteiger partial charge in [-0.2, -0.15) is 0 Å². The monoisotopic (exact) mass is 328 g/mol. The van der Waals surface area contributed by atoms with Crippen LogP contribution in [0.4, 0.5) is 4.79 Å². The fourth-order valence-electron chi connectivity index (χ4n) is 2.46. The standard InChI is InChI=1S/C19H24N2O3/c1-24-15-18-9-5-8-17(12-18)13-20-19(23)21(10-11-22)14-16-6-3-2-4-7-16/h2-9,12,22H,10-11,13-15H2,1H3,(H,20,23). The van der Waals surface area contributed by atoms with Gasteiger partial charge in [-0.15, -0.1) is 0 Å². The quantitative estimate of drug-likeness (QED) is 0.783. The number of hydrogen-bond donors (Lipinski definition) is 2. The van der Waals surface area contributed by atoms with Crippen LogP contribution in [-0.2, 0) is 24.4 Å². The summed E-state index contributed by atoms with van der Waals surface area (Å²) in [6.45, 7) is 1.69. The average molecular weight is 328 g/mol. The predicted octanol–water partition coefficient (Wildman–Crippen LogP) is 2.54. The Morgan fingerprint density at radius 1 is 1.08 bits per heavy atom. The molecule has 0 aliphatic rings. The minimum atomic E-state index is -0.190. The Hall–Kier alpha value is -2.37. The molecule has 0 saturated heterocycles. The molecule has 5 nitrogen and oxygen atoms in total. The molecule has 0 spiro atoms. The Morgan fingerprint density at radius 2 is 1.79 bits per heavy atom. The molecule has 2 rings (SSSR count). The van der Waals surface area contributed by atoms with Crippen LogP contribution in [0.15, 0.2) is 54.6 Å². The first-order chi connectivity index (χ1) is 11.7. The minimum absolute atomic E-state index is 0.0659. The maximum atomic E-state index is 12.4. The number of aliphatic hydroxyl groups excluding tert-OH is 1. The molecule has 0 atom stereocenters. The number of rotatable bonds is 8. The summed E-state index contributed by atoms with van der Waals surface area (Å²) in [6.07, 6.45) is 0. The van der Waals surface area contributed by atoms with Gasteiger partial charge in [0.05, 0.1) is 13.2 Å². The molecule has 0 heterocycles. The molecule has 0 bridgehead atoms. The zero-order valence-electron chi connectivity index (χ0n) is 13.9. The lowest BCUT2D eigenvalue weighted by Gasteiger charge is -2.22. The molecule has 24 heavy (non-hydrogen) atoms. The molecular formula is C19H24N2O3. The number of carbonyl (C=O) groups is 1. The van der Waals surface area contributed by atoms with E-state index in [0.29, 0.717) is 26.2 Å². The number of nitrogens with zero attached hydrogens (tertiary/aromatic N) is 1. The van der Waals surface area contributed by atoms with Crippen LogP contribution in [0.1, 0.15) is 16.7 Å². The summed E-state index contributed by atoms with van der Waals surface area (Å²) >= 11 is 0. The topological polar surface area (TPSA) is 61.8 Å². The van der Waals surface area contributed by atoms with Gasteiger partial charge in [-0.3, -0.25) is 0 Å². The van der Waals surface area contributed by atoms with Gasteiger partial charge >= 0.3 is 6.03 Å². The molecule has 5 heteroatoms. The number of amides is 2. The largest absolute Gasteiger partial charge is 0.395 e. The van der Waals surface area contributed by atoms with Crippen molar-refractivity contribution >= 4 is 6.03 Å². The first-order valence-electron chi connectivity index (χ1n) is 7.97. The van der Waals surface area contributed by atoms with E-state index < -0.39 is 0 Å². The lowest BCUT2D eigenvalue weighted by Crippen LogP contribution is -2.40. The minimum Gasteiger partial charge on any atom is -0.395 e. The van der Waals surface area contributed by atoms with Crippen LogP contribution in [0.3, 0.4) is 0 Å². The van der Waals surface area contributed by atoms with Crippen molar-refractivity contribution in [2.45, 2.75) is 19.7 Å². The third-order valence-electron chi connectivity index (χ3n) is 3.62. The second-order valence-corrected chi connectivity index (χ2v) is 5.54. The third-order valence-corrected chi connectivity index (χ3v) is 3.62. The number of nitrogens with one attached hydrogen (secondary N) is 1. The lowest BCUT2D eigenvalue weighted by molar-refractivity contribution is 0.173. The number of carbonyl (C=O) groups excluding carboxylic acids is 1. The molecule has 0 aliphatic carbocycles. The number of benzene rings is 2. The van der Waals surface area contributed by atoms with Gasteiger partial charge in [-0.25, -0.2) is 4.79 Å². The highest BCUT2D eigenvalue weighted by molar-refractivity contribution is 5.74. The van der Waals surface area contributed by atoms with Gasteiger partial charge in [0.15, 0.2) is 0 Å². The van der Waals surface area contributed by atoms with Crippen LogP contribution >= 0.6 is 0 Å². The summed E-state index contributed by atoms with van der Waals surface area (Å²) in [7, 11) is 1.66. The SMILES string of the molecule is COCc1cccc(CNC(=O)N(CCO)Cc2ccccc2)c1. The van der Waals surface area contributed by atoms with Gasteiger partial charge in [0, 0.05) is 26.7 Å². The molecule has 2 aromatic carbocycles. The Bertz CT molecular complexity index is 632. The van der Waals surface area contributed by atoms with E-state index in [1.807, 2.05) is 54.6 Å². The van der Waals surface area contributed by atoms with Gasteiger partial charge in [-0.1, -0.05) is 54.6 Å². The van der Waals surface area contributed by atoms with Gasteiger partial charge in [0.2, 0.25) is 0 Å². The predicted molar refractivity (Wildman–Crippen MR) is 93.3 cm³/mol. The summed E-state index contributed by atoms with van der Waals surface area (Å²) in [5.74, 6) is 0. The van der Waals surface area contributed by atoms with Crippen LogP contribution < -0.4 is 5.32 Å². The molecular weight excluding hydrogens is 304 g/mol. The Morgan fingerprint density at radius 3 is 2.50 bits per heavy atom. The normalized spacial score (nSPS) is 10.4. The molecule has 0 saturated carbocycles. The molecule has 0 radical (unpaired) electrons. The van der Waals surface area contributed by atoms with Gasteiger partial charge in [-0.05, 0) is 16.7 Å². The zero-order chi connectivity index (χ0) is 17.2. The van der Waals surface area contributed by atoms with Gasteiger partial charge < -0.3 is 20.1 Å². The van der Waals surface area contributed by atoms with Gasteiger partial charge in [0.1, 0.15) is 0 Å². The van der Waals surface area contributed by atoms with E-state index >= 15 is 0 Å². The second kappa shape index (κ2) is 9.70. The summed E-state index contributed by atoms with van der Waals surface area (Å²) < 4.78 is 5.12. The van der Waals surface area contributed by atoms with Crippen molar-refractivity contribution in [3.8, 4) is 0 Å². The number of aliphatic hydroxyl groups is 1. The van der Waals surface area contributed by atoms with Crippen LogP contribution in [-0.4, -0.2) is 36.3 Å². The lowest BCUT2D eigenvalue weighted by atomic mass is 10.1. The van der Waals surface area contributed by atoms with Crippen molar-refractivity contribution in [2.24, 2.45) is 0 Å². The summed E-state index contributed by atoms with van der Waals surface area (Å²) in [6, 6.07) is 17.5. The number of hydrogen-bond acceptors (Lipinski definition) is 3. The fraction of sp³-hybridized carbons (Fsp3) is 0.316. The molecule has 2 N–H and O–H groups in total. The third kappa shape index (κ3) is 5.68. The van der Waals surface area contributed by atoms with Crippen molar-refractivity contribution < 1.29 is 14.6 Å². The van der Waals surface area contributed by atoms with E-state index in [2.05, 4.69) is 5.32 Å². The molecule has 0 fully saturated rings. The van der Waals surface area contributed by atoms with E-state index in [1.165, 1.54) is 0 Å². The van der Waals surface area contributed by atoms with E-state index in [9.17, 15) is 9.90 Å². The van der Waals surface area contributed by atoms with Crippen molar-refractivity contribution in [3.05, 3.63) is 71.3 Å². The Kier molecular flexibility index (Phi) is 7.26. The van der Waals surface area contributed by atoms with Crippen molar-refractivity contribution in [3.63, 3.8) is 0 Å². The van der Waals surface area contributed by atoms with Crippen LogP contribution in [0.5, 0.6) is 0 Å². The highest BCUT2D eigenvalue weighted by Crippen LogP contribution is 2.08. The molecule has 0 aromatic heterocycles. The molecule has 2 amide bonds. The highest BCUT2D eigenvalue weighted by atomic mass is 16.5. The van der Waals surface area contributed by atoms with Crippen molar-refractivity contribution in [1.82, 2.24) is 10.2 Å². The highest BCUT2D eigenvalue weighted by Gasteiger charge is 2.13. The van der Waals surface area contributed by atoms with Crippen LogP contribution in [0.2, 0.25) is 0 Å². The van der Waals surface area contributed by atoms with Crippen molar-refractivity contribution in [2.75, 3.05) is 20.3 Å². The van der Waals surface area contributed by atoms with E-state index in [0.717, 1.165) is 16.7 Å². The molecule has 0 unspecified atom stereocenters. The second-order valence-electron chi connectivity index (χ2n) is 5.54. The van der Waals surface area contributed by atoms with Crippen LogP contribution in [0.25, 0.3) is 0 Å². The van der Waals surface area contributed by atoms with Crippen molar-refractivity contribution in [1.29, 1.82) is 0 Å². The van der Waals surface area contributed by atoms with Gasteiger partial charge in [0.25, 0.3) is 0 Å². The first-order valence-corrected chi connectivity index (χ1v) is 7.97. The maximum Gasteiger partial charge on any atom is 0.318 e. The maximum absolute atomic E-state index is 12.4. The first kappa shape index (κ1) is 18.0. The molecule has 2 aromatic rings. The smallest absolute Gasteiger partial charge is 0.318 e. The number of urea groups is 1.